The van der Waals surface area contributed by atoms with Gasteiger partial charge >= 0.3 is 5.97 Å². The first-order valence-electron chi connectivity index (χ1n) is 24.7. The number of allylic oxidation sites excluding steroid dienone is 1. The monoisotopic (exact) mass is 828 g/mol. The molecule has 0 bridgehead atoms. The topological polar surface area (TPSA) is 105 Å². The summed E-state index contributed by atoms with van der Waals surface area (Å²) >= 11 is 0. The molecule has 3 unspecified atom stereocenters. The van der Waals surface area contributed by atoms with Gasteiger partial charge in [0, 0.05) is 25.0 Å². The molecule has 0 aromatic rings. The Morgan fingerprint density at radius 1 is 0.776 bits per heavy atom. The molecule has 0 radical (unpaired) electrons. The minimum atomic E-state index is -0.431. The minimum absolute atomic E-state index is 0.0219. The average Bonchev–Trinajstić information content (AvgIpc) is 3.19. The number of carbonyl (C=O) groups excluding carboxylic acids is 1. The molecule has 0 amide bonds. The van der Waals surface area contributed by atoms with Crippen LogP contribution in [0, 0.1) is 5.92 Å². The van der Waals surface area contributed by atoms with Gasteiger partial charge in [-0.1, -0.05) is 182 Å². The van der Waals surface area contributed by atoms with Crippen molar-refractivity contribution < 1.29 is 29.3 Å². The minimum Gasteiger partial charge on any atom is -0.460 e. The Morgan fingerprint density at radius 2 is 1.29 bits per heavy atom. The molecule has 1 aliphatic carbocycles. The summed E-state index contributed by atoms with van der Waals surface area (Å²) in [7, 11) is 2.89. The number of hydrogen-bond donors (Lipinski definition) is 2. The molecule has 348 valence electrons. The van der Waals surface area contributed by atoms with Crippen LogP contribution in [0.15, 0.2) is 12.2 Å². The van der Waals surface area contributed by atoms with E-state index >= 15 is 0 Å². The summed E-state index contributed by atoms with van der Waals surface area (Å²) in [5.41, 5.74) is 6.56. The number of esters is 1. The van der Waals surface area contributed by atoms with Crippen LogP contribution in [-0.2, 0) is 29.3 Å². The average molecular weight is 828 g/mol. The van der Waals surface area contributed by atoms with Crippen molar-refractivity contribution in [1.82, 2.24) is 10.5 Å². The Balaban J connectivity index is 0. The van der Waals surface area contributed by atoms with Crippen LogP contribution in [0.2, 0.25) is 0 Å². The SMILES string of the molecule is C=C(CCCCCCCCCCCCCCC)CCC(COON(C)OOC)OC(=O)CCCC(C)(CCCCCCCC)NC(C)CC.CC.NCCC1CCC1. The number of ether oxygens (including phenoxy) is 1. The van der Waals surface area contributed by atoms with Crippen molar-refractivity contribution in [2.75, 3.05) is 27.3 Å². The van der Waals surface area contributed by atoms with E-state index in [0.717, 1.165) is 56.2 Å². The predicted molar refractivity (Wildman–Crippen MR) is 247 cm³/mol. The third kappa shape index (κ3) is 39.1. The van der Waals surface area contributed by atoms with Gasteiger partial charge in [-0.05, 0) is 89.3 Å². The van der Waals surface area contributed by atoms with E-state index in [1.54, 1.807) is 0 Å². The van der Waals surface area contributed by atoms with Crippen molar-refractivity contribution in [1.29, 1.82) is 0 Å². The third-order valence-electron chi connectivity index (χ3n) is 11.5. The summed E-state index contributed by atoms with van der Waals surface area (Å²) in [5, 5.41) is 4.82. The van der Waals surface area contributed by atoms with Crippen molar-refractivity contribution in [2.24, 2.45) is 11.7 Å². The number of nitrogens with one attached hydrogen (secondary N) is 1. The second-order valence-electron chi connectivity index (χ2n) is 17.2. The molecule has 0 aliphatic heterocycles. The van der Waals surface area contributed by atoms with Crippen LogP contribution in [0.5, 0.6) is 0 Å². The lowest BCUT2D eigenvalue weighted by atomic mass is 9.83. The Bertz CT molecular complexity index is 875. The number of nitrogens with two attached hydrogens (primary N) is 1. The molecule has 3 N–H and O–H groups in total. The maximum absolute atomic E-state index is 13.0. The fourth-order valence-electron chi connectivity index (χ4n) is 7.50. The highest BCUT2D eigenvalue weighted by Gasteiger charge is 2.26. The van der Waals surface area contributed by atoms with Crippen molar-refractivity contribution in [3.8, 4) is 0 Å². The highest BCUT2D eigenvalue weighted by Crippen LogP contribution is 2.28. The van der Waals surface area contributed by atoms with Crippen molar-refractivity contribution in [3.63, 3.8) is 0 Å². The van der Waals surface area contributed by atoms with Gasteiger partial charge < -0.3 is 15.8 Å². The van der Waals surface area contributed by atoms with Crippen LogP contribution in [0.3, 0.4) is 0 Å². The zero-order valence-electron chi connectivity index (χ0n) is 40.2. The van der Waals surface area contributed by atoms with Crippen LogP contribution in [0.1, 0.15) is 248 Å². The zero-order chi connectivity index (χ0) is 43.5. The number of carbonyl (C=O) groups is 1. The van der Waals surface area contributed by atoms with E-state index in [1.165, 1.54) is 167 Å². The first-order valence-corrected chi connectivity index (χ1v) is 24.7. The Labute approximate surface area is 361 Å². The van der Waals surface area contributed by atoms with Gasteiger partial charge in [0.2, 0.25) is 0 Å². The molecule has 1 saturated carbocycles. The van der Waals surface area contributed by atoms with E-state index in [9.17, 15) is 4.79 Å². The molecule has 1 fully saturated rings. The van der Waals surface area contributed by atoms with Gasteiger partial charge in [0.25, 0.3) is 0 Å². The quantitative estimate of drug-likeness (QED) is 0.0205. The first kappa shape index (κ1) is 59.0. The second kappa shape index (κ2) is 44.0. The fourth-order valence-corrected chi connectivity index (χ4v) is 7.50. The summed E-state index contributed by atoms with van der Waals surface area (Å²) in [6.07, 6.45) is 37.3. The Hall–Kier alpha value is -1.07. The molecule has 0 aromatic heterocycles. The molecule has 0 heterocycles. The van der Waals surface area contributed by atoms with E-state index in [0.29, 0.717) is 18.9 Å². The summed E-state index contributed by atoms with van der Waals surface area (Å²) in [6.45, 7) is 20.6. The molecule has 0 saturated heterocycles. The van der Waals surface area contributed by atoms with Crippen LogP contribution >= 0.6 is 0 Å². The van der Waals surface area contributed by atoms with E-state index in [-0.39, 0.29) is 18.1 Å². The summed E-state index contributed by atoms with van der Waals surface area (Å²) < 4.78 is 5.92. The van der Waals surface area contributed by atoms with Gasteiger partial charge in [0.05, 0.1) is 7.11 Å². The van der Waals surface area contributed by atoms with Crippen molar-refractivity contribution >= 4 is 5.97 Å². The molecule has 9 heteroatoms. The van der Waals surface area contributed by atoms with Crippen LogP contribution in [0.25, 0.3) is 0 Å². The molecule has 9 nitrogen and oxygen atoms in total. The summed E-state index contributed by atoms with van der Waals surface area (Å²) in [4.78, 5) is 32.7. The number of nitrogens with zero attached hydrogens (tertiary/aromatic N) is 1. The molecular weight excluding hydrogens is 727 g/mol. The largest absolute Gasteiger partial charge is 0.460 e. The lowest BCUT2D eigenvalue weighted by Gasteiger charge is -2.34. The lowest BCUT2D eigenvalue weighted by molar-refractivity contribution is -0.591. The normalized spacial score (nSPS) is 14.7. The van der Waals surface area contributed by atoms with E-state index < -0.39 is 6.10 Å². The standard InChI is InChI=1S/C41H82N2O6.C6H13N.C2H6/c1-9-12-14-16-18-19-20-21-22-23-24-25-27-30-37(4)32-33-39(36-46-49-43(7)48-45-8)47-40(44)31-29-35-41(6,42-38(5)11-3)34-28-26-17-15-13-10-2;7-5-4-6-2-1-3-6;1-2/h38-39,42H,4,9-36H2,1-3,5-8H3;6H,1-5,7H2;1-2H3. The first-order chi connectivity index (χ1) is 28.1. The van der Waals surface area contributed by atoms with E-state index in [4.69, 9.17) is 25.3 Å². The maximum atomic E-state index is 13.0. The number of unbranched alkanes of at least 4 members (excludes halogenated alkanes) is 17. The van der Waals surface area contributed by atoms with Crippen LogP contribution in [-0.4, -0.2) is 56.2 Å². The van der Waals surface area contributed by atoms with E-state index in [1.807, 2.05) is 13.8 Å². The van der Waals surface area contributed by atoms with Gasteiger partial charge in [-0.3, -0.25) is 4.79 Å². The summed E-state index contributed by atoms with van der Waals surface area (Å²) in [6, 6.07) is 0.451. The van der Waals surface area contributed by atoms with Gasteiger partial charge in [0.15, 0.2) is 0 Å². The molecule has 1 rings (SSSR count). The molecule has 0 spiro atoms. The Morgan fingerprint density at radius 3 is 1.76 bits per heavy atom. The highest BCUT2D eigenvalue weighted by molar-refractivity contribution is 5.69. The fraction of sp³-hybridized carbons (Fsp3) is 0.939. The van der Waals surface area contributed by atoms with Crippen LogP contribution < -0.4 is 11.1 Å². The number of rotatable bonds is 40. The molecule has 0 aromatic carbocycles. The molecule has 58 heavy (non-hydrogen) atoms. The van der Waals surface area contributed by atoms with E-state index in [2.05, 4.69) is 51.4 Å². The number of hydrogen-bond acceptors (Lipinski definition) is 9. The smallest absolute Gasteiger partial charge is 0.306 e. The molecular formula is C49H101N3O6. The van der Waals surface area contributed by atoms with Gasteiger partial charge in [-0.2, -0.15) is 0 Å². The van der Waals surface area contributed by atoms with Gasteiger partial charge in [-0.15, -0.1) is 9.98 Å². The van der Waals surface area contributed by atoms with Crippen LogP contribution in [0.4, 0.5) is 0 Å². The third-order valence-corrected chi connectivity index (χ3v) is 11.5. The second-order valence-corrected chi connectivity index (χ2v) is 17.2. The van der Waals surface area contributed by atoms with Gasteiger partial charge in [0.1, 0.15) is 12.7 Å². The van der Waals surface area contributed by atoms with Gasteiger partial charge in [-0.25, -0.2) is 9.78 Å². The molecule has 3 atom stereocenters. The van der Waals surface area contributed by atoms with Crippen molar-refractivity contribution in [2.45, 2.75) is 265 Å². The Kier molecular flexibility index (Phi) is 44.8. The highest BCUT2D eigenvalue weighted by atomic mass is 17.4. The predicted octanol–water partition coefficient (Wildman–Crippen LogP) is 14.2. The maximum Gasteiger partial charge on any atom is 0.306 e. The summed E-state index contributed by atoms with van der Waals surface area (Å²) in [5.74, 6) is 0.813. The molecule has 1 aliphatic rings. The van der Waals surface area contributed by atoms with Crippen molar-refractivity contribution in [3.05, 3.63) is 12.2 Å². The lowest BCUT2D eigenvalue weighted by Crippen LogP contribution is -2.47. The number of hydroxylamine groups is 2. The zero-order valence-corrected chi connectivity index (χ0v) is 40.2.